The molecule has 2 aliphatic heterocycles. The maximum absolute atomic E-state index is 13.7. The molecule has 2 aliphatic rings. The number of nitrogens with zero attached hydrogens (tertiary/aromatic N) is 4. The average molecular weight is 621 g/mol. The molecule has 0 bridgehead atoms. The highest BCUT2D eigenvalue weighted by atomic mass is 32.2. The fourth-order valence-electron chi connectivity index (χ4n) is 5.05. The van der Waals surface area contributed by atoms with Crippen molar-refractivity contribution in [3.63, 3.8) is 0 Å². The summed E-state index contributed by atoms with van der Waals surface area (Å²) in [4.78, 5) is 15.5. The van der Waals surface area contributed by atoms with Gasteiger partial charge in [0.1, 0.15) is 15.8 Å². The number of amides is 1. The van der Waals surface area contributed by atoms with E-state index < -0.39 is 10.0 Å². The van der Waals surface area contributed by atoms with Crippen LogP contribution in [0.4, 0.5) is 0 Å². The Morgan fingerprint density at radius 3 is 2.52 bits per heavy atom. The third-order valence-corrected chi connectivity index (χ3v) is 10.2. The number of furan rings is 1. The van der Waals surface area contributed by atoms with Gasteiger partial charge >= 0.3 is 0 Å². The molecule has 12 heteroatoms. The van der Waals surface area contributed by atoms with Gasteiger partial charge in [0.15, 0.2) is 0 Å². The van der Waals surface area contributed by atoms with Gasteiger partial charge in [0.05, 0.1) is 40.5 Å². The molecule has 4 heterocycles. The molecule has 0 radical (unpaired) electrons. The van der Waals surface area contributed by atoms with E-state index in [1.165, 1.54) is 21.0 Å². The lowest BCUT2D eigenvalue weighted by Crippen LogP contribution is -2.48. The number of rotatable bonds is 7. The van der Waals surface area contributed by atoms with Crippen LogP contribution in [-0.2, 0) is 26.1 Å². The van der Waals surface area contributed by atoms with Crippen molar-refractivity contribution in [3.8, 4) is 16.9 Å². The Bertz CT molecular complexity index is 1760. The topological polar surface area (TPSA) is 97.9 Å². The second-order valence-corrected chi connectivity index (χ2v) is 13.8. The first-order chi connectivity index (χ1) is 20.2. The standard InChI is InChI=1S/C30H28N4O5S3/c1-20-16-32(17-21(2)39-20)42(36,37)26-12-6-8-22(14-26)28-23(18-34(31-28)24-9-4-3-5-10-24)15-27-29(35)33(30(40)41-27)19-25-11-7-13-38-25/h3-15,18,20-21H,16-17,19H2,1-2H3. The zero-order valence-electron chi connectivity index (χ0n) is 22.9. The maximum atomic E-state index is 13.7. The van der Waals surface area contributed by atoms with Gasteiger partial charge in [-0.3, -0.25) is 9.69 Å². The second kappa shape index (κ2) is 11.6. The molecule has 0 N–H and O–H groups in total. The van der Waals surface area contributed by atoms with Gasteiger partial charge in [-0.1, -0.05) is 54.3 Å². The molecule has 2 unspecified atom stereocenters. The molecule has 2 aromatic heterocycles. The summed E-state index contributed by atoms with van der Waals surface area (Å²) in [5.74, 6) is 0.402. The van der Waals surface area contributed by atoms with Gasteiger partial charge in [-0.05, 0) is 56.3 Å². The van der Waals surface area contributed by atoms with E-state index in [1.807, 2.05) is 56.4 Å². The van der Waals surface area contributed by atoms with Gasteiger partial charge in [0.2, 0.25) is 10.0 Å². The lowest BCUT2D eigenvalue weighted by Gasteiger charge is -2.34. The van der Waals surface area contributed by atoms with E-state index >= 15 is 0 Å². The summed E-state index contributed by atoms with van der Waals surface area (Å²) < 4.78 is 42.1. The second-order valence-electron chi connectivity index (χ2n) is 10.2. The summed E-state index contributed by atoms with van der Waals surface area (Å²) in [5, 5.41) is 4.84. The summed E-state index contributed by atoms with van der Waals surface area (Å²) in [6.07, 6.45) is 4.74. The molecule has 0 spiro atoms. The molecule has 2 saturated heterocycles. The number of morpholine rings is 1. The van der Waals surface area contributed by atoms with Crippen LogP contribution in [0.15, 0.2) is 93.4 Å². The van der Waals surface area contributed by atoms with Gasteiger partial charge < -0.3 is 9.15 Å². The number of ether oxygens (including phenoxy) is 1. The summed E-state index contributed by atoms with van der Waals surface area (Å²) in [6.45, 7) is 4.54. The Morgan fingerprint density at radius 1 is 1.05 bits per heavy atom. The molecule has 1 amide bonds. The quantitative estimate of drug-likeness (QED) is 0.202. The zero-order chi connectivity index (χ0) is 29.4. The molecule has 2 atom stereocenters. The molecule has 4 aromatic rings. The van der Waals surface area contributed by atoms with Crippen molar-refractivity contribution >= 4 is 50.3 Å². The third-order valence-electron chi connectivity index (χ3n) is 6.95. The van der Waals surface area contributed by atoms with Crippen LogP contribution < -0.4 is 0 Å². The Morgan fingerprint density at radius 2 is 1.81 bits per heavy atom. The minimum atomic E-state index is -3.77. The molecular weight excluding hydrogens is 593 g/mol. The molecular formula is C30H28N4O5S3. The highest BCUT2D eigenvalue weighted by Crippen LogP contribution is 2.36. The minimum Gasteiger partial charge on any atom is -0.467 e. The maximum Gasteiger partial charge on any atom is 0.266 e. The average Bonchev–Trinajstić information content (AvgIpc) is 3.71. The SMILES string of the molecule is CC1CN(S(=O)(=O)c2cccc(-c3nn(-c4ccccc4)cc3C=C3SC(=S)N(Cc4ccco4)C3=O)c2)CC(C)O1. The van der Waals surface area contributed by atoms with Crippen LogP contribution in [0.3, 0.4) is 0 Å². The third kappa shape index (κ3) is 5.72. The monoisotopic (exact) mass is 620 g/mol. The first kappa shape index (κ1) is 28.6. The lowest BCUT2D eigenvalue weighted by atomic mass is 10.1. The van der Waals surface area contributed by atoms with Crippen molar-refractivity contribution in [2.45, 2.75) is 37.5 Å². The van der Waals surface area contributed by atoms with Crippen LogP contribution >= 0.6 is 24.0 Å². The van der Waals surface area contributed by atoms with E-state index in [0.717, 1.165) is 5.69 Å². The Balaban J connectivity index is 1.39. The van der Waals surface area contributed by atoms with Crippen molar-refractivity contribution in [1.29, 1.82) is 0 Å². The van der Waals surface area contributed by atoms with E-state index in [4.69, 9.17) is 26.5 Å². The normalized spacial score (nSPS) is 21.0. The van der Waals surface area contributed by atoms with Crippen LogP contribution in [0.25, 0.3) is 23.0 Å². The van der Waals surface area contributed by atoms with Gasteiger partial charge in [-0.25, -0.2) is 13.1 Å². The van der Waals surface area contributed by atoms with Crippen LogP contribution in [0, 0.1) is 0 Å². The summed E-state index contributed by atoms with van der Waals surface area (Å²) >= 11 is 6.72. The molecule has 6 rings (SSSR count). The number of hydrogen-bond donors (Lipinski definition) is 0. The number of carbonyl (C=O) groups excluding carboxylic acids is 1. The van der Waals surface area contributed by atoms with Gasteiger partial charge in [-0.2, -0.15) is 9.40 Å². The number of thioether (sulfide) groups is 1. The van der Waals surface area contributed by atoms with Gasteiger partial charge in [0, 0.05) is 30.4 Å². The van der Waals surface area contributed by atoms with E-state index in [2.05, 4.69) is 0 Å². The van der Waals surface area contributed by atoms with Crippen LogP contribution in [0.2, 0.25) is 0 Å². The summed E-state index contributed by atoms with van der Waals surface area (Å²) in [7, 11) is -3.77. The molecule has 0 saturated carbocycles. The van der Waals surface area contributed by atoms with Crippen molar-refractivity contribution in [3.05, 3.63) is 95.4 Å². The molecule has 42 heavy (non-hydrogen) atoms. The van der Waals surface area contributed by atoms with E-state index in [1.54, 1.807) is 47.4 Å². The van der Waals surface area contributed by atoms with Crippen molar-refractivity contribution in [2.24, 2.45) is 0 Å². The van der Waals surface area contributed by atoms with Gasteiger partial charge in [-0.15, -0.1) is 0 Å². The Hall–Kier alpha value is -3.55. The molecule has 0 aliphatic carbocycles. The van der Waals surface area contributed by atoms with Crippen LogP contribution in [0.5, 0.6) is 0 Å². The summed E-state index contributed by atoms with van der Waals surface area (Å²) in [5.41, 5.74) is 2.62. The number of hydrogen-bond acceptors (Lipinski definition) is 8. The predicted octanol–water partition coefficient (Wildman–Crippen LogP) is 5.33. The van der Waals surface area contributed by atoms with Crippen molar-refractivity contribution < 1.29 is 22.4 Å². The number of para-hydroxylation sites is 1. The molecule has 2 aromatic carbocycles. The number of sulfonamides is 1. The van der Waals surface area contributed by atoms with E-state index in [0.29, 0.717) is 31.8 Å². The first-order valence-electron chi connectivity index (χ1n) is 13.4. The fraction of sp³-hybridized carbons (Fsp3) is 0.233. The lowest BCUT2D eigenvalue weighted by molar-refractivity contribution is -0.122. The predicted molar refractivity (Wildman–Crippen MR) is 165 cm³/mol. The molecule has 2 fully saturated rings. The van der Waals surface area contributed by atoms with Gasteiger partial charge in [0.25, 0.3) is 5.91 Å². The number of aromatic nitrogens is 2. The highest BCUT2D eigenvalue weighted by Gasteiger charge is 2.34. The number of benzene rings is 2. The van der Waals surface area contributed by atoms with Crippen molar-refractivity contribution in [2.75, 3.05) is 13.1 Å². The largest absolute Gasteiger partial charge is 0.467 e. The molecule has 216 valence electrons. The smallest absolute Gasteiger partial charge is 0.266 e. The first-order valence-corrected chi connectivity index (χ1v) is 16.0. The number of thiocarbonyl (C=S) groups is 1. The minimum absolute atomic E-state index is 0.172. The van der Waals surface area contributed by atoms with Crippen LogP contribution in [0.1, 0.15) is 25.2 Å². The Labute approximate surface area is 253 Å². The van der Waals surface area contributed by atoms with Crippen molar-refractivity contribution in [1.82, 2.24) is 19.0 Å². The van der Waals surface area contributed by atoms with E-state index in [-0.39, 0.29) is 42.6 Å². The fourth-order valence-corrected chi connectivity index (χ4v) is 7.93. The number of carbonyl (C=O) groups is 1. The zero-order valence-corrected chi connectivity index (χ0v) is 25.4. The highest BCUT2D eigenvalue weighted by molar-refractivity contribution is 8.26. The van der Waals surface area contributed by atoms with Crippen LogP contribution in [-0.4, -0.2) is 62.9 Å². The Kier molecular flexibility index (Phi) is 7.90. The molecule has 9 nitrogen and oxygen atoms in total. The summed E-state index contributed by atoms with van der Waals surface area (Å²) in [6, 6.07) is 19.9. The van der Waals surface area contributed by atoms with E-state index in [9.17, 15) is 13.2 Å².